The molecule has 2 aromatic carbocycles. The highest BCUT2D eigenvalue weighted by Gasteiger charge is 2.22. The summed E-state index contributed by atoms with van der Waals surface area (Å²) in [7, 11) is 0. The number of carboxylic acid groups (broad SMARTS) is 1. The summed E-state index contributed by atoms with van der Waals surface area (Å²) in [5.74, 6) is -1.11. The van der Waals surface area contributed by atoms with E-state index in [9.17, 15) is 14.7 Å². The zero-order valence-corrected chi connectivity index (χ0v) is 20.2. The van der Waals surface area contributed by atoms with Crippen molar-refractivity contribution >= 4 is 33.9 Å². The lowest BCUT2D eigenvalue weighted by molar-refractivity contribution is -0.142. The molecule has 2 rings (SSSR count). The number of carbonyl (C=O) groups excluding carboxylic acids is 1. The Hall–Kier alpha value is -2.60. The first-order valence-electron chi connectivity index (χ1n) is 10.2. The number of rotatable bonds is 8. The summed E-state index contributed by atoms with van der Waals surface area (Å²) in [6.07, 6.45) is 2.95. The molecule has 31 heavy (non-hydrogen) atoms. The van der Waals surface area contributed by atoms with E-state index in [1.54, 1.807) is 19.9 Å². The Morgan fingerprint density at radius 3 is 2.32 bits per heavy atom. The van der Waals surface area contributed by atoms with Crippen LogP contribution >= 0.6 is 15.9 Å². The Kier molecular flexibility index (Phi) is 8.45. The minimum Gasteiger partial charge on any atom is -0.488 e. The second kappa shape index (κ2) is 10.6. The fourth-order valence-electron chi connectivity index (χ4n) is 2.92. The van der Waals surface area contributed by atoms with Crippen LogP contribution in [0.25, 0.3) is 6.08 Å². The van der Waals surface area contributed by atoms with Crippen LogP contribution in [0.2, 0.25) is 0 Å². The van der Waals surface area contributed by atoms with Crippen molar-refractivity contribution < 1.29 is 19.4 Å². The fraction of sp³-hybridized carbons (Fsp3) is 0.360. The number of ether oxygens (including phenoxy) is 1. The molecule has 0 unspecified atom stereocenters. The Morgan fingerprint density at radius 1 is 1.13 bits per heavy atom. The third-order valence-electron chi connectivity index (χ3n) is 4.83. The van der Waals surface area contributed by atoms with Crippen molar-refractivity contribution in [1.29, 1.82) is 0 Å². The normalized spacial score (nSPS) is 12.7. The van der Waals surface area contributed by atoms with Gasteiger partial charge in [0, 0.05) is 16.1 Å². The van der Waals surface area contributed by atoms with Crippen molar-refractivity contribution in [3.63, 3.8) is 0 Å². The molecule has 0 spiro atoms. The quantitative estimate of drug-likeness (QED) is 0.477. The molecule has 2 N–H and O–H groups in total. The number of nitrogens with one attached hydrogen (secondary N) is 1. The molecule has 2 aromatic rings. The van der Waals surface area contributed by atoms with E-state index >= 15 is 0 Å². The molecule has 0 radical (unpaired) electrons. The van der Waals surface area contributed by atoms with Crippen molar-refractivity contribution in [2.24, 2.45) is 5.92 Å². The second-order valence-corrected chi connectivity index (χ2v) is 9.74. The summed E-state index contributed by atoms with van der Waals surface area (Å²) < 4.78 is 6.84. The van der Waals surface area contributed by atoms with Crippen LogP contribution in [-0.4, -0.2) is 23.0 Å². The molecule has 0 bridgehead atoms. The van der Waals surface area contributed by atoms with Gasteiger partial charge >= 0.3 is 5.97 Å². The van der Waals surface area contributed by atoms with Crippen LogP contribution < -0.4 is 10.1 Å². The number of hydrogen-bond donors (Lipinski definition) is 2. The fourth-order valence-corrected chi connectivity index (χ4v) is 3.30. The average molecular weight is 488 g/mol. The molecule has 1 amide bonds. The molecule has 5 nitrogen and oxygen atoms in total. The summed E-state index contributed by atoms with van der Waals surface area (Å²) in [6.45, 7) is 10.4. The van der Waals surface area contributed by atoms with Gasteiger partial charge in [-0.1, -0.05) is 74.8 Å². The Labute approximate surface area is 192 Å². The van der Waals surface area contributed by atoms with E-state index in [4.69, 9.17) is 4.74 Å². The highest BCUT2D eigenvalue weighted by atomic mass is 79.9. The number of carbonyl (C=O) groups is 2. The maximum Gasteiger partial charge on any atom is 0.326 e. The van der Waals surface area contributed by atoms with Gasteiger partial charge in [0.05, 0.1) is 0 Å². The largest absolute Gasteiger partial charge is 0.488 e. The molecule has 0 aromatic heterocycles. The summed E-state index contributed by atoms with van der Waals surface area (Å²) >= 11 is 3.44. The Morgan fingerprint density at radius 2 is 1.77 bits per heavy atom. The molecular formula is C25H30BrNO4. The predicted molar refractivity (Wildman–Crippen MR) is 127 cm³/mol. The first-order chi connectivity index (χ1) is 14.5. The summed E-state index contributed by atoms with van der Waals surface area (Å²) in [4.78, 5) is 23.5. The van der Waals surface area contributed by atoms with E-state index in [2.05, 4.69) is 66.3 Å². The van der Waals surface area contributed by atoms with Crippen LogP contribution in [0.15, 0.2) is 53.0 Å². The molecule has 0 fully saturated rings. The van der Waals surface area contributed by atoms with Crippen LogP contribution in [0.4, 0.5) is 0 Å². The van der Waals surface area contributed by atoms with Gasteiger partial charge in [-0.3, -0.25) is 4.79 Å². The van der Waals surface area contributed by atoms with E-state index in [0.717, 1.165) is 10.0 Å². The average Bonchev–Trinajstić information content (AvgIpc) is 2.69. The summed E-state index contributed by atoms with van der Waals surface area (Å²) in [6, 6.07) is 12.9. The van der Waals surface area contributed by atoms with Crippen LogP contribution in [-0.2, 0) is 21.6 Å². The highest BCUT2D eigenvalue weighted by molar-refractivity contribution is 9.10. The number of hydrogen-bond acceptors (Lipinski definition) is 3. The van der Waals surface area contributed by atoms with E-state index in [1.165, 1.54) is 11.6 Å². The maximum atomic E-state index is 12.2. The lowest BCUT2D eigenvalue weighted by Gasteiger charge is -2.19. The molecule has 0 heterocycles. The van der Waals surface area contributed by atoms with E-state index < -0.39 is 17.9 Å². The minimum atomic E-state index is -1.05. The van der Waals surface area contributed by atoms with Crippen LogP contribution in [0.3, 0.4) is 0 Å². The first kappa shape index (κ1) is 24.7. The topological polar surface area (TPSA) is 75.6 Å². The second-order valence-electron chi connectivity index (χ2n) is 8.82. The van der Waals surface area contributed by atoms with Gasteiger partial charge in [-0.15, -0.1) is 0 Å². The van der Waals surface area contributed by atoms with E-state index in [-0.39, 0.29) is 11.3 Å². The highest BCUT2D eigenvalue weighted by Crippen LogP contribution is 2.26. The third-order valence-corrected chi connectivity index (χ3v) is 5.32. The number of aliphatic carboxylic acids is 1. The molecule has 6 heteroatoms. The molecule has 0 aliphatic carbocycles. The van der Waals surface area contributed by atoms with Gasteiger partial charge in [0.25, 0.3) is 0 Å². The summed E-state index contributed by atoms with van der Waals surface area (Å²) in [5.41, 5.74) is 3.12. The number of benzene rings is 2. The SMILES string of the molecule is CC(C)[C@@H](NC(=O)/C=C/c1cc(Br)ccc1OCc1ccc(C(C)(C)C)cc1)C(=O)O. The van der Waals surface area contributed by atoms with Gasteiger partial charge in [-0.2, -0.15) is 0 Å². The van der Waals surface area contributed by atoms with Gasteiger partial charge < -0.3 is 15.2 Å². The molecule has 0 saturated carbocycles. The molecule has 0 saturated heterocycles. The smallest absolute Gasteiger partial charge is 0.326 e. The summed E-state index contributed by atoms with van der Waals surface area (Å²) in [5, 5.41) is 11.8. The van der Waals surface area contributed by atoms with Crippen LogP contribution in [0.1, 0.15) is 51.3 Å². The van der Waals surface area contributed by atoms with Gasteiger partial charge in [0.2, 0.25) is 5.91 Å². The van der Waals surface area contributed by atoms with Gasteiger partial charge in [0.15, 0.2) is 0 Å². The number of amides is 1. The Bertz CT molecular complexity index is 943. The zero-order chi connectivity index (χ0) is 23.2. The lowest BCUT2D eigenvalue weighted by Crippen LogP contribution is -2.43. The molecule has 0 aliphatic heterocycles. The van der Waals surface area contributed by atoms with Crippen molar-refractivity contribution in [3.05, 3.63) is 69.7 Å². The molecule has 1 atom stereocenters. The number of carboxylic acids is 1. The lowest BCUT2D eigenvalue weighted by atomic mass is 9.87. The van der Waals surface area contributed by atoms with Gasteiger partial charge in [0.1, 0.15) is 18.4 Å². The Balaban J connectivity index is 2.10. The number of halogens is 1. The minimum absolute atomic E-state index is 0.0961. The maximum absolute atomic E-state index is 12.2. The zero-order valence-electron chi connectivity index (χ0n) is 18.6. The standard InChI is InChI=1S/C25H30BrNO4/c1-16(2)23(24(29)30)27-22(28)13-8-18-14-20(26)11-12-21(18)31-15-17-6-9-19(10-7-17)25(3,4)5/h6-14,16,23H,15H2,1-5H3,(H,27,28)(H,29,30)/b13-8+/t23-/m1/s1. The first-order valence-corrected chi connectivity index (χ1v) is 11.0. The third kappa shape index (κ3) is 7.55. The molecular weight excluding hydrogens is 458 g/mol. The van der Waals surface area contributed by atoms with Crippen molar-refractivity contribution in [3.8, 4) is 5.75 Å². The van der Waals surface area contributed by atoms with Gasteiger partial charge in [-0.25, -0.2) is 4.79 Å². The van der Waals surface area contributed by atoms with Crippen molar-refractivity contribution in [2.75, 3.05) is 0 Å². The van der Waals surface area contributed by atoms with Crippen LogP contribution in [0.5, 0.6) is 5.75 Å². The van der Waals surface area contributed by atoms with Crippen LogP contribution in [0, 0.1) is 5.92 Å². The monoisotopic (exact) mass is 487 g/mol. The van der Waals surface area contributed by atoms with Crippen molar-refractivity contribution in [1.82, 2.24) is 5.32 Å². The molecule has 166 valence electrons. The van der Waals surface area contributed by atoms with Gasteiger partial charge in [-0.05, 0) is 46.7 Å². The van der Waals surface area contributed by atoms with E-state index in [1.807, 2.05) is 18.2 Å². The molecule has 0 aliphatic rings. The predicted octanol–water partition coefficient (Wildman–Crippen LogP) is 5.56. The van der Waals surface area contributed by atoms with Crippen molar-refractivity contribution in [2.45, 2.75) is 52.7 Å². The van der Waals surface area contributed by atoms with E-state index in [0.29, 0.717) is 17.9 Å².